The fraction of sp³-hybridized carbons (Fsp3) is 0.389. The van der Waals surface area contributed by atoms with Crippen molar-refractivity contribution >= 4 is 27.2 Å². The molecule has 1 aromatic carbocycles. The van der Waals surface area contributed by atoms with Crippen LogP contribution in [0.25, 0.3) is 26.4 Å². The number of nitrogens with one attached hydrogen (secondary N) is 1. The van der Waals surface area contributed by atoms with E-state index < -0.39 is 0 Å². The van der Waals surface area contributed by atoms with E-state index >= 15 is 0 Å². The second-order valence-corrected chi connectivity index (χ2v) is 8.30. The molecule has 4 heterocycles. The molecule has 2 aliphatic rings. The minimum atomic E-state index is 0.646. The van der Waals surface area contributed by atoms with Gasteiger partial charge in [0.2, 0.25) is 4.96 Å². The van der Waals surface area contributed by atoms with Crippen molar-refractivity contribution in [2.24, 2.45) is 18.9 Å². The molecule has 25 heavy (non-hydrogen) atoms. The number of imidazole rings is 1. The van der Waals surface area contributed by atoms with Gasteiger partial charge in [-0.1, -0.05) is 11.3 Å². The van der Waals surface area contributed by atoms with E-state index in [1.54, 1.807) is 11.3 Å². The summed E-state index contributed by atoms with van der Waals surface area (Å²) in [6.45, 7) is 4.39. The average molecular weight is 350 g/mol. The molecule has 0 bridgehead atoms. The molecule has 6 rings (SSSR count). The molecule has 1 aliphatic heterocycles. The number of nitrogens with zero attached hydrogens (tertiary/aromatic N) is 5. The third kappa shape index (κ3) is 1.96. The topological polar surface area (TPSA) is 60.0 Å². The Labute approximate surface area is 148 Å². The van der Waals surface area contributed by atoms with Gasteiger partial charge >= 0.3 is 0 Å². The van der Waals surface area contributed by atoms with Gasteiger partial charge < -0.3 is 5.32 Å². The highest BCUT2D eigenvalue weighted by atomic mass is 32.1. The van der Waals surface area contributed by atoms with E-state index in [-0.39, 0.29) is 0 Å². The Morgan fingerprint density at radius 2 is 2.00 bits per heavy atom. The summed E-state index contributed by atoms with van der Waals surface area (Å²) < 4.78 is 3.82. The number of rotatable bonds is 2. The zero-order chi connectivity index (χ0) is 16.7. The lowest BCUT2D eigenvalue weighted by atomic mass is 10.1. The molecular formula is C18H18N6S. The quantitative estimate of drug-likeness (QED) is 0.604. The van der Waals surface area contributed by atoms with E-state index in [0.717, 1.165) is 51.4 Å². The van der Waals surface area contributed by atoms with Crippen LogP contribution in [0.2, 0.25) is 0 Å². The molecule has 4 aromatic rings. The van der Waals surface area contributed by atoms with Crippen molar-refractivity contribution in [2.75, 3.05) is 13.1 Å². The lowest BCUT2D eigenvalue weighted by Gasteiger charge is -2.00. The van der Waals surface area contributed by atoms with Gasteiger partial charge in [-0.2, -0.15) is 10.2 Å². The molecule has 2 atom stereocenters. The van der Waals surface area contributed by atoms with Crippen molar-refractivity contribution in [2.45, 2.75) is 12.8 Å². The summed E-state index contributed by atoms with van der Waals surface area (Å²) in [6, 6.07) is 4.34. The highest BCUT2D eigenvalue weighted by molar-refractivity contribution is 7.19. The van der Waals surface area contributed by atoms with Crippen LogP contribution in [0.4, 0.5) is 0 Å². The van der Waals surface area contributed by atoms with Crippen molar-refractivity contribution in [3.05, 3.63) is 35.8 Å². The molecule has 0 radical (unpaired) electrons. The van der Waals surface area contributed by atoms with Crippen LogP contribution in [0.3, 0.4) is 0 Å². The van der Waals surface area contributed by atoms with E-state index in [1.165, 1.54) is 11.3 Å². The third-order valence-electron chi connectivity index (χ3n) is 5.66. The molecule has 1 saturated carbocycles. The standard InChI is InChI=1S/C18H18N6S/c1-9-3-10(4-11-7-23(2)21-16(9)11)17-22-24-8-14(20-18(24)25-17)15-12-5-19-6-13(12)15/h3-4,7-8,12-13,15,19H,5-6H2,1-2H3. The Kier molecular flexibility index (Phi) is 2.61. The summed E-state index contributed by atoms with van der Waals surface area (Å²) in [5.74, 6) is 2.23. The van der Waals surface area contributed by atoms with Gasteiger partial charge in [0, 0.05) is 30.1 Å². The Morgan fingerprint density at radius 3 is 2.80 bits per heavy atom. The van der Waals surface area contributed by atoms with Crippen molar-refractivity contribution < 1.29 is 0 Å². The van der Waals surface area contributed by atoms with Gasteiger partial charge in [0.05, 0.1) is 17.4 Å². The number of hydrogen-bond acceptors (Lipinski definition) is 5. The van der Waals surface area contributed by atoms with Crippen LogP contribution in [0.15, 0.2) is 24.5 Å². The lowest BCUT2D eigenvalue weighted by Crippen LogP contribution is -2.14. The van der Waals surface area contributed by atoms with E-state index in [9.17, 15) is 0 Å². The van der Waals surface area contributed by atoms with Crippen LogP contribution < -0.4 is 5.32 Å². The van der Waals surface area contributed by atoms with Gasteiger partial charge in [0.1, 0.15) is 5.01 Å². The maximum Gasteiger partial charge on any atom is 0.212 e. The molecule has 7 heteroatoms. The van der Waals surface area contributed by atoms with Crippen LogP contribution in [0, 0.1) is 18.8 Å². The molecule has 126 valence electrons. The van der Waals surface area contributed by atoms with Crippen LogP contribution in [-0.4, -0.2) is 37.5 Å². The Balaban J connectivity index is 1.40. The summed E-state index contributed by atoms with van der Waals surface area (Å²) >= 11 is 1.67. The molecule has 3 aromatic heterocycles. The first-order valence-electron chi connectivity index (χ1n) is 8.68. The lowest BCUT2D eigenvalue weighted by molar-refractivity contribution is 0.676. The first-order chi connectivity index (χ1) is 12.2. The maximum atomic E-state index is 4.87. The van der Waals surface area contributed by atoms with Gasteiger partial charge in [-0.15, -0.1) is 0 Å². The van der Waals surface area contributed by atoms with E-state index in [1.807, 2.05) is 16.2 Å². The third-order valence-corrected chi connectivity index (χ3v) is 6.63. The molecule has 1 N–H and O–H groups in total. The van der Waals surface area contributed by atoms with Crippen molar-refractivity contribution in [1.82, 2.24) is 29.7 Å². The second kappa shape index (κ2) is 4.68. The van der Waals surface area contributed by atoms with Crippen LogP contribution in [0.1, 0.15) is 17.2 Å². The average Bonchev–Trinajstić information content (AvgIpc) is 3.09. The SMILES string of the molecule is Cc1cc(-c2nn3cc(C4C5CNCC54)nc3s2)cc2cn(C)nc12. The monoisotopic (exact) mass is 350 g/mol. The molecule has 1 aliphatic carbocycles. The molecule has 2 unspecified atom stereocenters. The fourth-order valence-electron chi connectivity index (χ4n) is 4.40. The maximum absolute atomic E-state index is 4.87. The number of fused-ring (bicyclic) bond motifs is 3. The van der Waals surface area contributed by atoms with Crippen LogP contribution in [0.5, 0.6) is 0 Å². The number of aromatic nitrogens is 5. The van der Waals surface area contributed by atoms with Crippen LogP contribution >= 0.6 is 11.3 Å². The molecule has 2 fully saturated rings. The summed E-state index contributed by atoms with van der Waals surface area (Å²) in [5, 5.41) is 14.9. The summed E-state index contributed by atoms with van der Waals surface area (Å²) in [5.41, 5.74) is 4.60. The molecule has 1 saturated heterocycles. The normalized spacial score (nSPS) is 25.1. The molecule has 0 amide bonds. The van der Waals surface area contributed by atoms with Gasteiger partial charge in [-0.3, -0.25) is 4.68 Å². The summed E-state index contributed by atoms with van der Waals surface area (Å²) in [7, 11) is 1.96. The van der Waals surface area contributed by atoms with E-state index in [4.69, 9.17) is 10.1 Å². The Bertz CT molecular complexity index is 1090. The number of piperidine rings is 1. The first-order valence-corrected chi connectivity index (χ1v) is 9.50. The van der Waals surface area contributed by atoms with E-state index in [0.29, 0.717) is 5.92 Å². The number of hydrogen-bond donors (Lipinski definition) is 1. The minimum Gasteiger partial charge on any atom is -0.316 e. The fourth-order valence-corrected chi connectivity index (χ4v) is 5.28. The van der Waals surface area contributed by atoms with Gasteiger partial charge in [-0.25, -0.2) is 9.50 Å². The van der Waals surface area contributed by atoms with Gasteiger partial charge in [0.15, 0.2) is 0 Å². The predicted octanol–water partition coefficient (Wildman–Crippen LogP) is 2.59. The number of benzene rings is 1. The summed E-state index contributed by atoms with van der Waals surface area (Å²) in [6.07, 6.45) is 4.19. The minimum absolute atomic E-state index is 0.646. The highest BCUT2D eigenvalue weighted by Gasteiger charge is 2.54. The smallest absolute Gasteiger partial charge is 0.212 e. The predicted molar refractivity (Wildman–Crippen MR) is 97.9 cm³/mol. The molecule has 0 spiro atoms. The number of aryl methyl sites for hydroxylation is 2. The molecular weight excluding hydrogens is 332 g/mol. The van der Waals surface area contributed by atoms with Crippen molar-refractivity contribution in [3.63, 3.8) is 0 Å². The highest BCUT2D eigenvalue weighted by Crippen LogP contribution is 2.55. The van der Waals surface area contributed by atoms with Gasteiger partial charge in [-0.05, 0) is 49.5 Å². The molecule has 6 nitrogen and oxygen atoms in total. The zero-order valence-corrected chi connectivity index (χ0v) is 14.9. The zero-order valence-electron chi connectivity index (χ0n) is 14.1. The van der Waals surface area contributed by atoms with E-state index in [2.05, 4.69) is 41.9 Å². The Morgan fingerprint density at radius 1 is 1.16 bits per heavy atom. The largest absolute Gasteiger partial charge is 0.316 e. The van der Waals surface area contributed by atoms with Crippen LogP contribution in [-0.2, 0) is 7.05 Å². The first kappa shape index (κ1) is 14.0. The summed E-state index contributed by atoms with van der Waals surface area (Å²) in [4.78, 5) is 5.86. The van der Waals surface area contributed by atoms with Gasteiger partial charge in [0.25, 0.3) is 0 Å². The second-order valence-electron chi connectivity index (χ2n) is 7.35. The van der Waals surface area contributed by atoms with Crippen molar-refractivity contribution in [1.29, 1.82) is 0 Å². The van der Waals surface area contributed by atoms with Crippen molar-refractivity contribution in [3.8, 4) is 10.6 Å². The Hall–Kier alpha value is -2.25.